The zero-order valence-corrected chi connectivity index (χ0v) is 19.1. The Hall–Kier alpha value is -2.50. The van der Waals surface area contributed by atoms with Gasteiger partial charge in [-0.3, -0.25) is 9.78 Å². The number of aromatic nitrogens is 1. The van der Waals surface area contributed by atoms with Crippen molar-refractivity contribution in [1.82, 2.24) is 4.98 Å². The van der Waals surface area contributed by atoms with E-state index in [1.165, 1.54) is 6.07 Å². The Kier molecular flexibility index (Phi) is 7.64. The molecular weight excluding hydrogens is 503 g/mol. The molecule has 0 spiro atoms. The number of pyridine rings is 1. The topological polar surface area (TPSA) is 64.1 Å². The third-order valence-electron chi connectivity index (χ3n) is 6.19. The molecule has 1 aromatic heterocycles. The van der Waals surface area contributed by atoms with Gasteiger partial charge in [0.15, 0.2) is 5.78 Å². The summed E-state index contributed by atoms with van der Waals surface area (Å²) < 4.78 is 118. The van der Waals surface area contributed by atoms with Crippen LogP contribution in [0.1, 0.15) is 66.6 Å². The van der Waals surface area contributed by atoms with E-state index in [4.69, 9.17) is 0 Å². The molecular formula is C23H22F7NO3S. The number of sulfone groups is 1. The molecule has 4 nitrogen and oxygen atoms in total. The Bertz CT molecular complexity index is 1170. The summed E-state index contributed by atoms with van der Waals surface area (Å²) in [5.74, 6) is -0.618. The predicted molar refractivity (Wildman–Crippen MR) is 112 cm³/mol. The monoisotopic (exact) mass is 525 g/mol. The van der Waals surface area contributed by atoms with Gasteiger partial charge in [-0.15, -0.1) is 0 Å². The summed E-state index contributed by atoms with van der Waals surface area (Å²) in [6.45, 7) is 0. The lowest BCUT2D eigenvalue weighted by Crippen LogP contribution is -2.38. The zero-order chi connectivity index (χ0) is 26.1. The summed E-state index contributed by atoms with van der Waals surface area (Å²) in [6.07, 6.45) is -8.33. The molecule has 192 valence electrons. The molecule has 12 heteroatoms. The van der Waals surface area contributed by atoms with E-state index in [9.17, 15) is 39.6 Å². The molecule has 1 saturated carbocycles. The zero-order valence-electron chi connectivity index (χ0n) is 18.3. The Morgan fingerprint density at radius 1 is 1.00 bits per heavy atom. The minimum Gasteiger partial charge on any atom is -0.294 e. The lowest BCUT2D eigenvalue weighted by Gasteiger charge is -2.33. The summed E-state index contributed by atoms with van der Waals surface area (Å²) >= 11 is 0. The van der Waals surface area contributed by atoms with Gasteiger partial charge < -0.3 is 0 Å². The number of benzene rings is 1. The van der Waals surface area contributed by atoms with Crippen LogP contribution in [0, 0.1) is 5.92 Å². The summed E-state index contributed by atoms with van der Waals surface area (Å²) in [6, 6.07) is 4.86. The summed E-state index contributed by atoms with van der Waals surface area (Å²) in [5.41, 5.74) is -2.47. The van der Waals surface area contributed by atoms with Crippen molar-refractivity contribution in [3.8, 4) is 0 Å². The maximum absolute atomic E-state index is 15.4. The van der Waals surface area contributed by atoms with Crippen LogP contribution in [0.25, 0.3) is 0 Å². The molecule has 0 saturated heterocycles. The molecule has 2 aromatic rings. The van der Waals surface area contributed by atoms with Crippen molar-refractivity contribution in [2.75, 3.05) is 0 Å². The molecule has 1 aliphatic rings. The first-order valence-electron chi connectivity index (χ1n) is 10.8. The largest absolute Gasteiger partial charge is 0.433 e. The molecule has 0 unspecified atom stereocenters. The number of carbonyl (C=O) groups excluding carboxylic acids is 1. The molecule has 0 bridgehead atoms. The number of hydrogen-bond acceptors (Lipinski definition) is 4. The van der Waals surface area contributed by atoms with E-state index in [1.54, 1.807) is 0 Å². The van der Waals surface area contributed by atoms with Crippen molar-refractivity contribution in [3.05, 3.63) is 59.4 Å². The van der Waals surface area contributed by atoms with Crippen LogP contribution < -0.4 is 0 Å². The highest BCUT2D eigenvalue weighted by molar-refractivity contribution is 7.92. The van der Waals surface area contributed by atoms with E-state index in [0.717, 1.165) is 18.3 Å². The van der Waals surface area contributed by atoms with Crippen molar-refractivity contribution in [1.29, 1.82) is 0 Å². The van der Waals surface area contributed by atoms with E-state index < -0.39 is 62.0 Å². The van der Waals surface area contributed by atoms with Crippen LogP contribution >= 0.6 is 0 Å². The van der Waals surface area contributed by atoms with Gasteiger partial charge in [-0.2, -0.15) is 26.3 Å². The van der Waals surface area contributed by atoms with Crippen LogP contribution in [0.15, 0.2) is 47.5 Å². The van der Waals surface area contributed by atoms with Gasteiger partial charge in [-0.05, 0) is 68.4 Å². The molecule has 0 atom stereocenters. The number of hydrogen-bond donors (Lipinski definition) is 0. The fraction of sp³-hybridized carbons (Fsp3) is 0.478. The predicted octanol–water partition coefficient (Wildman–Crippen LogP) is 6.80. The standard InChI is InChI=1S/C23H22F7NO3S/c24-21(35(33,34)18-5-2-4-17(14-18)22(25,26)27)10-7-15(8-11-21)3-1-6-19(32)16-9-12-31-20(13-16)23(28,29)30/h2,4-5,9,12-15H,1,3,6-8,10-11H2. The fourth-order valence-corrected chi connectivity index (χ4v) is 5.91. The number of halogens is 7. The molecule has 1 heterocycles. The molecule has 3 rings (SSSR count). The van der Waals surface area contributed by atoms with Crippen LogP contribution in [0.3, 0.4) is 0 Å². The number of alkyl halides is 7. The number of ketones is 1. The van der Waals surface area contributed by atoms with Gasteiger partial charge in [0.2, 0.25) is 14.8 Å². The average molecular weight is 525 g/mol. The molecule has 1 aliphatic carbocycles. The SMILES string of the molecule is O=C(CCCC1CCC(F)(S(=O)(=O)c2cccc(C(F)(F)F)c2)CC1)c1ccnc(C(F)(F)F)c1. The van der Waals surface area contributed by atoms with E-state index >= 15 is 4.39 Å². The van der Waals surface area contributed by atoms with Crippen LogP contribution in [-0.2, 0) is 22.2 Å². The van der Waals surface area contributed by atoms with Gasteiger partial charge in [-0.1, -0.05) is 12.5 Å². The molecule has 1 aromatic carbocycles. The van der Waals surface area contributed by atoms with Gasteiger partial charge in [0.1, 0.15) is 5.69 Å². The minimum absolute atomic E-state index is 0.0406. The third kappa shape index (κ3) is 6.20. The van der Waals surface area contributed by atoms with E-state index in [0.29, 0.717) is 31.0 Å². The summed E-state index contributed by atoms with van der Waals surface area (Å²) in [5, 5.41) is -2.70. The van der Waals surface area contributed by atoms with Gasteiger partial charge >= 0.3 is 12.4 Å². The maximum atomic E-state index is 15.4. The van der Waals surface area contributed by atoms with Crippen molar-refractivity contribution < 1.29 is 43.9 Å². The smallest absolute Gasteiger partial charge is 0.294 e. The Balaban J connectivity index is 1.57. The first-order chi connectivity index (χ1) is 16.1. The number of nitrogens with zero attached hydrogens (tertiary/aromatic N) is 1. The lowest BCUT2D eigenvalue weighted by atomic mass is 9.84. The van der Waals surface area contributed by atoms with E-state index in [-0.39, 0.29) is 30.7 Å². The quantitative estimate of drug-likeness (QED) is 0.295. The van der Waals surface area contributed by atoms with E-state index in [2.05, 4.69) is 4.98 Å². The molecule has 0 N–H and O–H groups in total. The normalized spacial score (nSPS) is 21.6. The molecule has 0 amide bonds. The van der Waals surface area contributed by atoms with Crippen LogP contribution in [-0.4, -0.2) is 24.2 Å². The van der Waals surface area contributed by atoms with E-state index in [1.807, 2.05) is 0 Å². The van der Waals surface area contributed by atoms with Gasteiger partial charge in [0, 0.05) is 18.2 Å². The Morgan fingerprint density at radius 3 is 2.26 bits per heavy atom. The molecule has 35 heavy (non-hydrogen) atoms. The number of Topliss-reactive ketones (excluding diaryl/α,β-unsaturated/α-hetero) is 1. The van der Waals surface area contributed by atoms with Gasteiger partial charge in [-0.25, -0.2) is 12.8 Å². The highest BCUT2D eigenvalue weighted by Crippen LogP contribution is 2.44. The second kappa shape index (κ2) is 9.87. The number of carbonyl (C=O) groups is 1. The van der Waals surface area contributed by atoms with Gasteiger partial charge in [0.05, 0.1) is 10.5 Å². The van der Waals surface area contributed by atoms with Crippen molar-refractivity contribution in [2.24, 2.45) is 5.92 Å². The molecule has 0 radical (unpaired) electrons. The second-order valence-electron chi connectivity index (χ2n) is 8.60. The van der Waals surface area contributed by atoms with Crippen molar-refractivity contribution >= 4 is 15.6 Å². The van der Waals surface area contributed by atoms with Gasteiger partial charge in [0.25, 0.3) is 0 Å². The van der Waals surface area contributed by atoms with Crippen LogP contribution in [0.4, 0.5) is 30.7 Å². The lowest BCUT2D eigenvalue weighted by molar-refractivity contribution is -0.141. The molecule has 1 fully saturated rings. The fourth-order valence-electron chi connectivity index (χ4n) is 4.17. The summed E-state index contributed by atoms with van der Waals surface area (Å²) in [4.78, 5) is 14.7. The highest BCUT2D eigenvalue weighted by atomic mass is 32.2. The first-order valence-corrected chi connectivity index (χ1v) is 12.3. The van der Waals surface area contributed by atoms with Crippen LogP contribution in [0.5, 0.6) is 0 Å². The highest BCUT2D eigenvalue weighted by Gasteiger charge is 2.48. The third-order valence-corrected chi connectivity index (χ3v) is 8.44. The van der Waals surface area contributed by atoms with Crippen molar-refractivity contribution in [3.63, 3.8) is 0 Å². The first kappa shape index (κ1) is 27.1. The Labute approximate surface area is 197 Å². The second-order valence-corrected chi connectivity index (χ2v) is 10.8. The summed E-state index contributed by atoms with van der Waals surface area (Å²) in [7, 11) is -4.67. The molecule has 0 aliphatic heterocycles. The minimum atomic E-state index is -4.77. The van der Waals surface area contributed by atoms with Crippen molar-refractivity contribution in [2.45, 2.75) is 67.2 Å². The average Bonchev–Trinajstić information content (AvgIpc) is 2.79. The Morgan fingerprint density at radius 2 is 1.66 bits per heavy atom. The maximum Gasteiger partial charge on any atom is 0.433 e. The van der Waals surface area contributed by atoms with Crippen LogP contribution in [0.2, 0.25) is 0 Å². The number of rotatable bonds is 7.